The minimum absolute atomic E-state index is 0.171. The molecule has 4 heteroatoms. The quantitative estimate of drug-likeness (QED) is 0.934. The zero-order valence-corrected chi connectivity index (χ0v) is 12.6. The van der Waals surface area contributed by atoms with Crippen LogP contribution in [0.2, 0.25) is 0 Å². The molecule has 1 unspecified atom stereocenters. The van der Waals surface area contributed by atoms with Crippen LogP contribution in [0.3, 0.4) is 0 Å². The fraction of sp³-hybridized carbons (Fsp3) is 0.267. The molecule has 0 aliphatic carbocycles. The molecule has 0 saturated carbocycles. The number of hydrogen-bond donors (Lipinski definition) is 1. The largest absolute Gasteiger partial charge is 0.491 e. The van der Waals surface area contributed by atoms with Gasteiger partial charge in [-0.15, -0.1) is 0 Å². The highest BCUT2D eigenvalue weighted by molar-refractivity contribution is 9.10. The molecule has 100 valence electrons. The highest BCUT2D eigenvalue weighted by Gasteiger charge is 2.13. The van der Waals surface area contributed by atoms with Gasteiger partial charge >= 0.3 is 0 Å². The van der Waals surface area contributed by atoms with Crippen molar-refractivity contribution < 1.29 is 4.74 Å². The van der Waals surface area contributed by atoms with E-state index >= 15 is 0 Å². The summed E-state index contributed by atoms with van der Waals surface area (Å²) in [5.74, 6) is 0.853. The number of rotatable bonds is 4. The predicted molar refractivity (Wildman–Crippen MR) is 80.2 cm³/mol. The van der Waals surface area contributed by atoms with E-state index in [-0.39, 0.29) is 12.1 Å². The Balaban J connectivity index is 2.20. The second-order valence-corrected chi connectivity index (χ2v) is 5.44. The first-order chi connectivity index (χ1) is 9.08. The molecule has 0 saturated heterocycles. The van der Waals surface area contributed by atoms with E-state index < -0.39 is 0 Å². The predicted octanol–water partition coefficient (Wildman–Crippen LogP) is 3.68. The van der Waals surface area contributed by atoms with Crippen LogP contribution in [0.4, 0.5) is 0 Å². The highest BCUT2D eigenvalue weighted by atomic mass is 79.9. The van der Waals surface area contributed by atoms with E-state index in [0.29, 0.717) is 0 Å². The van der Waals surface area contributed by atoms with Crippen molar-refractivity contribution >= 4 is 15.9 Å². The van der Waals surface area contributed by atoms with Crippen molar-refractivity contribution in [1.29, 1.82) is 0 Å². The van der Waals surface area contributed by atoms with Crippen molar-refractivity contribution in [3.05, 3.63) is 58.3 Å². The minimum Gasteiger partial charge on any atom is -0.491 e. The summed E-state index contributed by atoms with van der Waals surface area (Å²) in [4.78, 5) is 4.32. The summed E-state index contributed by atoms with van der Waals surface area (Å²) in [6.07, 6.45) is 1.92. The summed E-state index contributed by atoms with van der Waals surface area (Å²) < 4.78 is 6.53. The van der Waals surface area contributed by atoms with Crippen LogP contribution in [0.1, 0.15) is 31.1 Å². The van der Waals surface area contributed by atoms with Crippen LogP contribution in [0, 0.1) is 0 Å². The molecule has 1 aromatic carbocycles. The molecular weight excluding hydrogens is 304 g/mol. The van der Waals surface area contributed by atoms with Gasteiger partial charge in [0.15, 0.2) is 0 Å². The van der Waals surface area contributed by atoms with Gasteiger partial charge in [-0.3, -0.25) is 4.98 Å². The smallest absolute Gasteiger partial charge is 0.119 e. The molecule has 3 nitrogen and oxygen atoms in total. The molecule has 0 aliphatic heterocycles. The lowest BCUT2D eigenvalue weighted by atomic mass is 10.0. The van der Waals surface area contributed by atoms with E-state index in [1.165, 1.54) is 0 Å². The number of aromatic nitrogens is 1. The molecule has 1 heterocycles. The second-order valence-electron chi connectivity index (χ2n) is 4.58. The summed E-state index contributed by atoms with van der Waals surface area (Å²) in [6, 6.07) is 11.4. The average molecular weight is 321 g/mol. The lowest BCUT2D eigenvalue weighted by Crippen LogP contribution is -2.14. The van der Waals surface area contributed by atoms with Gasteiger partial charge in [-0.1, -0.05) is 12.1 Å². The third-order valence-corrected chi connectivity index (χ3v) is 3.36. The fourth-order valence-electron chi connectivity index (χ4n) is 1.81. The molecule has 0 spiro atoms. The number of ether oxygens (including phenoxy) is 1. The van der Waals surface area contributed by atoms with E-state index in [1.54, 1.807) is 6.20 Å². The van der Waals surface area contributed by atoms with Gasteiger partial charge in [0.25, 0.3) is 0 Å². The van der Waals surface area contributed by atoms with Crippen LogP contribution in [0.15, 0.2) is 47.1 Å². The highest BCUT2D eigenvalue weighted by Crippen LogP contribution is 2.26. The Bertz CT molecular complexity index is 540. The Labute approximate surface area is 121 Å². The molecule has 19 heavy (non-hydrogen) atoms. The second kappa shape index (κ2) is 6.17. The normalized spacial score (nSPS) is 12.5. The molecule has 0 radical (unpaired) electrons. The van der Waals surface area contributed by atoms with Crippen molar-refractivity contribution in [2.75, 3.05) is 0 Å². The zero-order chi connectivity index (χ0) is 13.8. The van der Waals surface area contributed by atoms with Crippen LogP contribution in [0.25, 0.3) is 0 Å². The maximum atomic E-state index is 6.24. The van der Waals surface area contributed by atoms with Crippen molar-refractivity contribution in [3.63, 3.8) is 0 Å². The monoisotopic (exact) mass is 320 g/mol. The Kier molecular flexibility index (Phi) is 4.56. The number of nitrogens with zero attached hydrogens (tertiary/aromatic N) is 1. The molecule has 2 N–H and O–H groups in total. The van der Waals surface area contributed by atoms with Gasteiger partial charge < -0.3 is 10.5 Å². The minimum atomic E-state index is -0.247. The van der Waals surface area contributed by atoms with Crippen LogP contribution in [-0.2, 0) is 0 Å². The number of hydrogen-bond acceptors (Lipinski definition) is 3. The van der Waals surface area contributed by atoms with Crippen molar-refractivity contribution in [3.8, 4) is 5.75 Å². The van der Waals surface area contributed by atoms with Gasteiger partial charge in [0, 0.05) is 10.7 Å². The van der Waals surface area contributed by atoms with E-state index in [9.17, 15) is 0 Å². The Morgan fingerprint density at radius 2 is 1.84 bits per heavy atom. The Morgan fingerprint density at radius 1 is 1.16 bits per heavy atom. The zero-order valence-electron chi connectivity index (χ0n) is 11.0. The first kappa shape index (κ1) is 14.0. The fourth-order valence-corrected chi connectivity index (χ4v) is 2.31. The molecular formula is C15H17BrN2O. The van der Waals surface area contributed by atoms with Gasteiger partial charge in [0.05, 0.1) is 17.8 Å². The third kappa shape index (κ3) is 3.55. The summed E-state index contributed by atoms with van der Waals surface area (Å²) in [5.41, 5.74) is 8.08. The average Bonchev–Trinajstić information content (AvgIpc) is 2.39. The van der Waals surface area contributed by atoms with Gasteiger partial charge in [-0.2, -0.15) is 0 Å². The summed E-state index contributed by atoms with van der Waals surface area (Å²) >= 11 is 3.47. The van der Waals surface area contributed by atoms with Crippen LogP contribution in [-0.4, -0.2) is 11.1 Å². The molecule has 1 atom stereocenters. The van der Waals surface area contributed by atoms with Crippen molar-refractivity contribution in [2.24, 2.45) is 5.73 Å². The molecule has 2 rings (SSSR count). The van der Waals surface area contributed by atoms with Crippen LogP contribution in [0.5, 0.6) is 5.75 Å². The number of halogens is 1. The van der Waals surface area contributed by atoms with Crippen molar-refractivity contribution in [1.82, 2.24) is 4.98 Å². The summed E-state index contributed by atoms with van der Waals surface area (Å²) in [5, 5.41) is 0. The maximum Gasteiger partial charge on any atom is 0.119 e. The SMILES string of the molecule is CC(C)Oc1ccc(C(N)c2ncccc2Br)cc1. The van der Waals surface area contributed by atoms with Gasteiger partial charge in [-0.25, -0.2) is 0 Å². The molecule has 0 aliphatic rings. The number of benzene rings is 1. The van der Waals surface area contributed by atoms with Gasteiger partial charge in [0.2, 0.25) is 0 Å². The molecule has 0 amide bonds. The Morgan fingerprint density at radius 3 is 2.42 bits per heavy atom. The van der Waals surface area contributed by atoms with Crippen molar-refractivity contribution in [2.45, 2.75) is 26.0 Å². The summed E-state index contributed by atoms with van der Waals surface area (Å²) in [7, 11) is 0. The first-order valence-corrected chi connectivity index (χ1v) is 7.00. The third-order valence-electron chi connectivity index (χ3n) is 2.69. The molecule has 2 aromatic rings. The lowest BCUT2D eigenvalue weighted by molar-refractivity contribution is 0.242. The first-order valence-electron chi connectivity index (χ1n) is 6.20. The van der Waals surface area contributed by atoms with E-state index in [0.717, 1.165) is 21.5 Å². The van der Waals surface area contributed by atoms with E-state index in [1.807, 2.05) is 50.2 Å². The van der Waals surface area contributed by atoms with Crippen LogP contribution >= 0.6 is 15.9 Å². The number of nitrogens with two attached hydrogens (primary N) is 1. The molecule has 0 fully saturated rings. The molecule has 0 bridgehead atoms. The lowest BCUT2D eigenvalue weighted by Gasteiger charge is -2.14. The van der Waals surface area contributed by atoms with Gasteiger partial charge in [-0.05, 0) is 59.6 Å². The number of pyridine rings is 1. The standard InChI is InChI=1S/C15H17BrN2O/c1-10(2)19-12-7-5-11(6-8-12)14(17)15-13(16)4-3-9-18-15/h3-10,14H,17H2,1-2H3. The van der Waals surface area contributed by atoms with E-state index in [2.05, 4.69) is 20.9 Å². The van der Waals surface area contributed by atoms with Gasteiger partial charge in [0.1, 0.15) is 5.75 Å². The molecule has 1 aromatic heterocycles. The summed E-state index contributed by atoms with van der Waals surface area (Å²) in [6.45, 7) is 4.01. The topological polar surface area (TPSA) is 48.1 Å². The maximum absolute atomic E-state index is 6.24. The van der Waals surface area contributed by atoms with E-state index in [4.69, 9.17) is 10.5 Å². The van der Waals surface area contributed by atoms with Crippen LogP contribution < -0.4 is 10.5 Å². The Hall–Kier alpha value is -1.39.